The number of hydrogen-bond donors (Lipinski definition) is 2. The molecule has 0 heterocycles. The van der Waals surface area contributed by atoms with Crippen LogP contribution < -0.4 is 10.5 Å². The zero-order valence-electron chi connectivity index (χ0n) is 11.2. The van der Waals surface area contributed by atoms with E-state index >= 15 is 0 Å². The van der Waals surface area contributed by atoms with Gasteiger partial charge in [-0.05, 0) is 41.4 Å². The molecule has 1 atom stereocenters. The van der Waals surface area contributed by atoms with Crippen molar-refractivity contribution in [1.82, 2.24) is 0 Å². The van der Waals surface area contributed by atoms with E-state index in [-0.39, 0.29) is 0 Å². The second kappa shape index (κ2) is 6.52. The van der Waals surface area contributed by atoms with Crippen LogP contribution in [0.5, 0.6) is 5.75 Å². The first kappa shape index (κ1) is 16.2. The predicted molar refractivity (Wildman–Crippen MR) is 81.9 cm³/mol. The van der Waals surface area contributed by atoms with E-state index in [1.807, 2.05) is 13.0 Å². The Morgan fingerprint density at radius 1 is 1.58 bits per heavy atom. The highest BCUT2D eigenvalue weighted by Crippen LogP contribution is 2.38. The SMILES string of the molecule is CCC(C)(CSc1cc(OC)c(Br)cc1N)C(=O)O. The number of carbonyl (C=O) groups is 1. The van der Waals surface area contributed by atoms with Crippen molar-refractivity contribution in [2.24, 2.45) is 5.41 Å². The topological polar surface area (TPSA) is 72.5 Å². The van der Waals surface area contributed by atoms with E-state index in [1.165, 1.54) is 11.8 Å². The van der Waals surface area contributed by atoms with E-state index in [4.69, 9.17) is 10.5 Å². The Balaban J connectivity index is 2.91. The third-order valence-corrected chi connectivity index (χ3v) is 5.19. The number of halogens is 1. The normalized spacial score (nSPS) is 13.9. The summed E-state index contributed by atoms with van der Waals surface area (Å²) in [4.78, 5) is 12.1. The van der Waals surface area contributed by atoms with E-state index in [0.717, 1.165) is 9.37 Å². The van der Waals surface area contributed by atoms with Crippen LogP contribution in [0.1, 0.15) is 20.3 Å². The van der Waals surface area contributed by atoms with Crippen LogP contribution in [0.15, 0.2) is 21.5 Å². The molecule has 0 bridgehead atoms. The molecule has 0 saturated carbocycles. The number of benzene rings is 1. The molecule has 4 nitrogen and oxygen atoms in total. The van der Waals surface area contributed by atoms with Gasteiger partial charge in [-0.25, -0.2) is 0 Å². The first-order valence-electron chi connectivity index (χ1n) is 5.83. The minimum absolute atomic E-state index is 0.466. The molecule has 0 amide bonds. The molecule has 0 radical (unpaired) electrons. The molecule has 19 heavy (non-hydrogen) atoms. The molecule has 0 aliphatic heterocycles. The van der Waals surface area contributed by atoms with E-state index < -0.39 is 11.4 Å². The van der Waals surface area contributed by atoms with E-state index in [1.54, 1.807) is 20.1 Å². The highest BCUT2D eigenvalue weighted by Gasteiger charge is 2.31. The minimum atomic E-state index is -0.787. The first-order chi connectivity index (χ1) is 8.84. The zero-order chi connectivity index (χ0) is 14.6. The summed E-state index contributed by atoms with van der Waals surface area (Å²) in [6.45, 7) is 3.62. The van der Waals surface area contributed by atoms with Crippen LogP contribution in [-0.4, -0.2) is 23.9 Å². The molecule has 3 N–H and O–H groups in total. The molecule has 6 heteroatoms. The summed E-state index contributed by atoms with van der Waals surface area (Å²) >= 11 is 4.80. The number of rotatable bonds is 6. The molecule has 1 aromatic rings. The number of thioether (sulfide) groups is 1. The Morgan fingerprint density at radius 2 is 2.21 bits per heavy atom. The lowest BCUT2D eigenvalue weighted by molar-refractivity contribution is -0.146. The van der Waals surface area contributed by atoms with Crippen LogP contribution in [0.4, 0.5) is 5.69 Å². The van der Waals surface area contributed by atoms with Crippen LogP contribution in [0.25, 0.3) is 0 Å². The van der Waals surface area contributed by atoms with E-state index in [9.17, 15) is 9.90 Å². The number of anilines is 1. The molecular weight excluding hydrogens is 330 g/mol. The highest BCUT2D eigenvalue weighted by molar-refractivity contribution is 9.10. The molecule has 0 aliphatic rings. The van der Waals surface area contributed by atoms with Crippen LogP contribution in [0.3, 0.4) is 0 Å². The second-order valence-corrected chi connectivity index (χ2v) is 6.40. The zero-order valence-corrected chi connectivity index (χ0v) is 13.6. The Labute approximate surface area is 125 Å². The van der Waals surface area contributed by atoms with Gasteiger partial charge >= 0.3 is 5.97 Å². The molecule has 1 aromatic carbocycles. The third kappa shape index (κ3) is 3.79. The third-order valence-electron chi connectivity index (χ3n) is 3.13. The molecule has 0 aromatic heterocycles. The lowest BCUT2D eigenvalue weighted by Crippen LogP contribution is -2.29. The van der Waals surface area contributed by atoms with Crippen molar-refractivity contribution in [3.63, 3.8) is 0 Å². The number of nitrogen functional groups attached to an aromatic ring is 1. The van der Waals surface area contributed by atoms with Crippen molar-refractivity contribution in [1.29, 1.82) is 0 Å². The van der Waals surface area contributed by atoms with Crippen LogP contribution >= 0.6 is 27.7 Å². The Bertz CT molecular complexity index is 481. The van der Waals surface area contributed by atoms with Gasteiger partial charge in [0.2, 0.25) is 0 Å². The van der Waals surface area contributed by atoms with Crippen molar-refractivity contribution < 1.29 is 14.6 Å². The Hall–Kier alpha value is -0.880. The number of hydrogen-bond acceptors (Lipinski definition) is 4. The van der Waals surface area contributed by atoms with Crippen molar-refractivity contribution in [2.75, 3.05) is 18.6 Å². The van der Waals surface area contributed by atoms with Gasteiger partial charge in [-0.1, -0.05) is 6.92 Å². The van der Waals surface area contributed by atoms with Gasteiger partial charge in [0.05, 0.1) is 17.0 Å². The fourth-order valence-corrected chi connectivity index (χ4v) is 3.12. The molecule has 1 unspecified atom stereocenters. The van der Waals surface area contributed by atoms with Crippen LogP contribution in [0, 0.1) is 5.41 Å². The maximum atomic E-state index is 11.3. The largest absolute Gasteiger partial charge is 0.496 e. The molecule has 1 rings (SSSR count). The number of ether oxygens (including phenoxy) is 1. The van der Waals surface area contributed by atoms with Gasteiger partial charge in [-0.3, -0.25) is 4.79 Å². The minimum Gasteiger partial charge on any atom is -0.496 e. The summed E-state index contributed by atoms with van der Waals surface area (Å²) in [7, 11) is 1.58. The lowest BCUT2D eigenvalue weighted by atomic mass is 9.90. The molecular formula is C13H18BrNO3S. The number of aliphatic carboxylic acids is 1. The Morgan fingerprint density at radius 3 is 2.68 bits per heavy atom. The van der Waals surface area contributed by atoms with Crippen molar-refractivity contribution in [3.8, 4) is 5.75 Å². The molecule has 0 saturated heterocycles. The molecule has 106 valence electrons. The first-order valence-corrected chi connectivity index (χ1v) is 7.61. The summed E-state index contributed by atoms with van der Waals surface area (Å²) < 4.78 is 6.00. The van der Waals surface area contributed by atoms with Gasteiger partial charge in [0, 0.05) is 16.3 Å². The molecule has 0 spiro atoms. The summed E-state index contributed by atoms with van der Waals surface area (Å²) in [6.07, 6.45) is 0.572. The smallest absolute Gasteiger partial charge is 0.310 e. The number of methoxy groups -OCH3 is 1. The number of carboxylic acid groups (broad SMARTS) is 1. The van der Waals surface area contributed by atoms with Gasteiger partial charge in [0.15, 0.2) is 0 Å². The average molecular weight is 348 g/mol. The van der Waals surface area contributed by atoms with Gasteiger partial charge in [0.25, 0.3) is 0 Å². The summed E-state index contributed by atoms with van der Waals surface area (Å²) in [5.74, 6) is 0.365. The van der Waals surface area contributed by atoms with E-state index in [0.29, 0.717) is 23.6 Å². The monoisotopic (exact) mass is 347 g/mol. The standard InChI is InChI=1S/C13H18BrNO3S/c1-4-13(2,12(16)17)7-19-11-6-10(18-3)8(14)5-9(11)15/h5-6H,4,7,15H2,1-3H3,(H,16,17). The highest BCUT2D eigenvalue weighted by atomic mass is 79.9. The predicted octanol–water partition coefficient (Wildman–Crippen LogP) is 3.63. The summed E-state index contributed by atoms with van der Waals surface area (Å²) in [5, 5.41) is 9.25. The van der Waals surface area contributed by atoms with Gasteiger partial charge < -0.3 is 15.6 Å². The van der Waals surface area contributed by atoms with Crippen molar-refractivity contribution in [3.05, 3.63) is 16.6 Å². The maximum Gasteiger partial charge on any atom is 0.310 e. The van der Waals surface area contributed by atoms with Gasteiger partial charge in [0.1, 0.15) is 5.75 Å². The second-order valence-electron chi connectivity index (χ2n) is 4.53. The van der Waals surface area contributed by atoms with Crippen LogP contribution in [0.2, 0.25) is 0 Å². The average Bonchev–Trinajstić information content (AvgIpc) is 2.37. The maximum absolute atomic E-state index is 11.3. The van der Waals surface area contributed by atoms with E-state index in [2.05, 4.69) is 15.9 Å². The van der Waals surface area contributed by atoms with Crippen LogP contribution in [-0.2, 0) is 4.79 Å². The van der Waals surface area contributed by atoms with Crippen molar-refractivity contribution >= 4 is 39.3 Å². The summed E-state index contributed by atoms with van der Waals surface area (Å²) in [5.41, 5.74) is 5.80. The fraction of sp³-hybridized carbons (Fsp3) is 0.462. The quantitative estimate of drug-likeness (QED) is 0.607. The number of nitrogens with two attached hydrogens (primary N) is 1. The van der Waals surface area contributed by atoms with Gasteiger partial charge in [-0.15, -0.1) is 11.8 Å². The number of carboxylic acids is 1. The molecule has 0 aliphatic carbocycles. The summed E-state index contributed by atoms with van der Waals surface area (Å²) in [6, 6.07) is 3.59. The van der Waals surface area contributed by atoms with Gasteiger partial charge in [-0.2, -0.15) is 0 Å². The Kier molecular flexibility index (Phi) is 5.55. The fourth-order valence-electron chi connectivity index (χ4n) is 1.38. The van der Waals surface area contributed by atoms with Crippen molar-refractivity contribution in [2.45, 2.75) is 25.2 Å². The molecule has 0 fully saturated rings. The lowest BCUT2D eigenvalue weighted by Gasteiger charge is -2.22.